The van der Waals surface area contributed by atoms with Gasteiger partial charge in [0.15, 0.2) is 0 Å². The maximum atomic E-state index is 12.8. The number of carbonyl (C=O) groups is 1. The van der Waals surface area contributed by atoms with Gasteiger partial charge in [-0.2, -0.15) is 0 Å². The number of amides is 2. The molecule has 1 aliphatic rings. The summed E-state index contributed by atoms with van der Waals surface area (Å²) in [5, 5.41) is 3.58. The number of fused-ring (bicyclic) bond motifs is 1. The number of ether oxygens (including phenoxy) is 1. The minimum absolute atomic E-state index is 0.0589. The van der Waals surface area contributed by atoms with E-state index in [0.717, 1.165) is 28.3 Å². The van der Waals surface area contributed by atoms with Crippen molar-refractivity contribution in [3.63, 3.8) is 0 Å². The largest absolute Gasteiger partial charge is 0.487 e. The molecule has 2 aromatic carbocycles. The second-order valence-corrected chi connectivity index (χ2v) is 6.26. The van der Waals surface area contributed by atoms with Crippen LogP contribution in [0.3, 0.4) is 0 Å². The summed E-state index contributed by atoms with van der Waals surface area (Å²) in [7, 11) is 0. The van der Waals surface area contributed by atoms with Gasteiger partial charge < -0.3 is 10.1 Å². The molecule has 2 amide bonds. The summed E-state index contributed by atoms with van der Waals surface area (Å²) < 4.78 is 5.82. The molecule has 1 aliphatic heterocycles. The van der Waals surface area contributed by atoms with Crippen molar-refractivity contribution in [1.82, 2.24) is 0 Å². The Bertz CT molecular complexity index is 761. The molecule has 0 fully saturated rings. The van der Waals surface area contributed by atoms with E-state index in [9.17, 15) is 4.79 Å². The third kappa shape index (κ3) is 3.13. The molecule has 1 heterocycles. The van der Waals surface area contributed by atoms with E-state index < -0.39 is 0 Å². The lowest BCUT2D eigenvalue weighted by Crippen LogP contribution is -2.44. The Morgan fingerprint density at radius 2 is 2.09 bits per heavy atom. The summed E-state index contributed by atoms with van der Waals surface area (Å²) in [4.78, 5) is 14.5. The van der Waals surface area contributed by atoms with E-state index in [4.69, 9.17) is 16.3 Å². The zero-order chi connectivity index (χ0) is 16.6. The van der Waals surface area contributed by atoms with Crippen LogP contribution in [0.15, 0.2) is 36.4 Å². The number of nitrogens with zero attached hydrogens (tertiary/aromatic N) is 1. The van der Waals surface area contributed by atoms with E-state index in [1.807, 2.05) is 57.2 Å². The SMILES string of the molecule is Cc1ccc2c(c1)N(C(=O)Nc1cccc(Cl)c1C)C[C@H](C)O2. The highest BCUT2D eigenvalue weighted by atomic mass is 35.5. The molecule has 3 rings (SSSR count). The molecule has 0 unspecified atom stereocenters. The Morgan fingerprint density at radius 1 is 1.30 bits per heavy atom. The number of aryl methyl sites for hydroxylation is 1. The molecule has 0 bridgehead atoms. The number of anilines is 2. The molecule has 0 spiro atoms. The van der Waals surface area contributed by atoms with Crippen LogP contribution in [-0.2, 0) is 0 Å². The fourth-order valence-corrected chi connectivity index (χ4v) is 2.84. The van der Waals surface area contributed by atoms with Crippen LogP contribution >= 0.6 is 11.6 Å². The maximum absolute atomic E-state index is 12.8. The second kappa shape index (κ2) is 6.13. The van der Waals surface area contributed by atoms with Crippen LogP contribution in [0.4, 0.5) is 16.2 Å². The van der Waals surface area contributed by atoms with Gasteiger partial charge in [-0.3, -0.25) is 4.90 Å². The predicted octanol–water partition coefficient (Wildman–Crippen LogP) is 4.78. The van der Waals surface area contributed by atoms with Gasteiger partial charge in [0.2, 0.25) is 0 Å². The zero-order valence-corrected chi connectivity index (χ0v) is 14.1. The fourth-order valence-electron chi connectivity index (χ4n) is 2.67. The van der Waals surface area contributed by atoms with Crippen molar-refractivity contribution in [3.05, 3.63) is 52.5 Å². The molecule has 120 valence electrons. The number of hydrogen-bond acceptors (Lipinski definition) is 2. The maximum Gasteiger partial charge on any atom is 0.326 e. The predicted molar refractivity (Wildman–Crippen MR) is 93.8 cm³/mol. The smallest absolute Gasteiger partial charge is 0.326 e. The van der Waals surface area contributed by atoms with Crippen molar-refractivity contribution in [2.75, 3.05) is 16.8 Å². The first-order valence-corrected chi connectivity index (χ1v) is 7.94. The van der Waals surface area contributed by atoms with Crippen LogP contribution in [0.2, 0.25) is 5.02 Å². The fraction of sp³-hybridized carbons (Fsp3) is 0.278. The van der Waals surface area contributed by atoms with E-state index in [1.54, 1.807) is 4.90 Å². The summed E-state index contributed by atoms with van der Waals surface area (Å²) in [6, 6.07) is 11.1. The highest BCUT2D eigenvalue weighted by Crippen LogP contribution is 2.35. The molecular weight excluding hydrogens is 312 g/mol. The van der Waals surface area contributed by atoms with E-state index in [-0.39, 0.29) is 12.1 Å². The van der Waals surface area contributed by atoms with Gasteiger partial charge in [-0.1, -0.05) is 23.7 Å². The molecule has 0 radical (unpaired) electrons. The van der Waals surface area contributed by atoms with Crippen LogP contribution in [0.25, 0.3) is 0 Å². The molecule has 4 nitrogen and oxygen atoms in total. The van der Waals surface area contributed by atoms with Crippen LogP contribution in [0.1, 0.15) is 18.1 Å². The van der Waals surface area contributed by atoms with Gasteiger partial charge in [-0.25, -0.2) is 4.79 Å². The van der Waals surface area contributed by atoms with E-state index in [1.165, 1.54) is 0 Å². The number of nitrogens with one attached hydrogen (secondary N) is 1. The lowest BCUT2D eigenvalue weighted by molar-refractivity contribution is 0.208. The molecule has 5 heteroatoms. The number of carbonyl (C=O) groups excluding carboxylic acids is 1. The van der Waals surface area contributed by atoms with Crippen LogP contribution in [0, 0.1) is 13.8 Å². The van der Waals surface area contributed by atoms with Crippen molar-refractivity contribution in [3.8, 4) is 5.75 Å². The summed E-state index contributed by atoms with van der Waals surface area (Å²) in [6.45, 7) is 6.34. The van der Waals surface area contributed by atoms with Crippen LogP contribution in [-0.4, -0.2) is 18.7 Å². The molecule has 0 aliphatic carbocycles. The Kier molecular flexibility index (Phi) is 4.18. The van der Waals surface area contributed by atoms with Crippen molar-refractivity contribution in [1.29, 1.82) is 0 Å². The van der Waals surface area contributed by atoms with Gasteiger partial charge in [0, 0.05) is 10.7 Å². The van der Waals surface area contributed by atoms with Gasteiger partial charge in [0.05, 0.1) is 12.2 Å². The quantitative estimate of drug-likeness (QED) is 0.817. The lowest BCUT2D eigenvalue weighted by Gasteiger charge is -2.33. The van der Waals surface area contributed by atoms with Crippen molar-refractivity contribution in [2.24, 2.45) is 0 Å². The third-order valence-corrected chi connectivity index (χ3v) is 4.34. The molecule has 0 aromatic heterocycles. The van der Waals surface area contributed by atoms with E-state index in [0.29, 0.717) is 11.6 Å². The normalized spacial score (nSPS) is 16.5. The van der Waals surface area contributed by atoms with Gasteiger partial charge in [0.1, 0.15) is 11.9 Å². The Hall–Kier alpha value is -2.20. The topological polar surface area (TPSA) is 41.6 Å². The standard InChI is InChI=1S/C18H19ClN2O2/c1-11-7-8-17-16(9-11)21(10-12(2)23-17)18(22)20-15-6-4-5-14(19)13(15)3/h4-9,12H,10H2,1-3H3,(H,20,22)/t12-/m0/s1. The summed E-state index contributed by atoms with van der Waals surface area (Å²) in [5.41, 5.74) is 3.45. The summed E-state index contributed by atoms with van der Waals surface area (Å²) in [5.74, 6) is 0.729. The Morgan fingerprint density at radius 3 is 2.87 bits per heavy atom. The number of benzene rings is 2. The van der Waals surface area contributed by atoms with E-state index in [2.05, 4.69) is 5.32 Å². The third-order valence-electron chi connectivity index (χ3n) is 3.93. The van der Waals surface area contributed by atoms with Crippen LogP contribution < -0.4 is 15.0 Å². The molecular formula is C18H19ClN2O2. The Labute approximate surface area is 141 Å². The molecule has 0 saturated heterocycles. The summed E-state index contributed by atoms with van der Waals surface area (Å²) in [6.07, 6.45) is -0.0589. The Balaban J connectivity index is 1.91. The van der Waals surface area contributed by atoms with E-state index >= 15 is 0 Å². The number of rotatable bonds is 1. The first-order valence-electron chi connectivity index (χ1n) is 7.56. The molecule has 1 N–H and O–H groups in total. The van der Waals surface area contributed by atoms with Gasteiger partial charge in [-0.15, -0.1) is 0 Å². The first kappa shape index (κ1) is 15.7. The molecule has 23 heavy (non-hydrogen) atoms. The minimum atomic E-state index is -0.183. The first-order chi connectivity index (χ1) is 11.0. The molecule has 0 saturated carbocycles. The molecule has 2 aromatic rings. The second-order valence-electron chi connectivity index (χ2n) is 5.85. The average Bonchev–Trinajstić information content (AvgIpc) is 2.51. The van der Waals surface area contributed by atoms with Crippen molar-refractivity contribution < 1.29 is 9.53 Å². The van der Waals surface area contributed by atoms with Crippen LogP contribution in [0.5, 0.6) is 5.75 Å². The highest BCUT2D eigenvalue weighted by Gasteiger charge is 2.28. The van der Waals surface area contributed by atoms with Crippen molar-refractivity contribution in [2.45, 2.75) is 26.9 Å². The number of halogens is 1. The number of urea groups is 1. The van der Waals surface area contributed by atoms with Gasteiger partial charge >= 0.3 is 6.03 Å². The summed E-state index contributed by atoms with van der Waals surface area (Å²) >= 11 is 6.12. The van der Waals surface area contributed by atoms with Gasteiger partial charge in [0.25, 0.3) is 0 Å². The van der Waals surface area contributed by atoms with Crippen molar-refractivity contribution >= 4 is 29.0 Å². The average molecular weight is 331 g/mol. The monoisotopic (exact) mass is 330 g/mol. The molecule has 1 atom stereocenters. The zero-order valence-electron chi connectivity index (χ0n) is 13.4. The van der Waals surface area contributed by atoms with Gasteiger partial charge in [-0.05, 0) is 56.2 Å². The minimum Gasteiger partial charge on any atom is -0.487 e. The lowest BCUT2D eigenvalue weighted by atomic mass is 10.1. The highest BCUT2D eigenvalue weighted by molar-refractivity contribution is 6.31. The number of hydrogen-bond donors (Lipinski definition) is 1.